The first kappa shape index (κ1) is 12.3. The number of anilines is 1. The maximum absolute atomic E-state index is 12.0. The van der Waals surface area contributed by atoms with Crippen LogP contribution in [0.1, 0.15) is 23.7 Å². The molecule has 6 nitrogen and oxygen atoms in total. The van der Waals surface area contributed by atoms with Gasteiger partial charge in [0, 0.05) is 24.8 Å². The van der Waals surface area contributed by atoms with E-state index in [1.54, 1.807) is 13.1 Å². The van der Waals surface area contributed by atoms with Crippen LogP contribution in [0.5, 0.6) is 0 Å². The van der Waals surface area contributed by atoms with Gasteiger partial charge in [-0.3, -0.25) is 14.9 Å². The van der Waals surface area contributed by atoms with E-state index in [9.17, 15) is 14.9 Å². The van der Waals surface area contributed by atoms with E-state index in [2.05, 4.69) is 10.6 Å². The highest BCUT2D eigenvalue weighted by atomic mass is 16.6. The summed E-state index contributed by atoms with van der Waals surface area (Å²) in [5.74, 6) is 0.0774. The van der Waals surface area contributed by atoms with Gasteiger partial charge >= 0.3 is 0 Å². The second-order valence-electron chi connectivity index (χ2n) is 4.53. The van der Waals surface area contributed by atoms with Crippen LogP contribution in [0.25, 0.3) is 0 Å². The van der Waals surface area contributed by atoms with Crippen LogP contribution >= 0.6 is 0 Å². The van der Waals surface area contributed by atoms with E-state index in [-0.39, 0.29) is 23.2 Å². The Morgan fingerprint density at radius 3 is 2.67 bits per heavy atom. The van der Waals surface area contributed by atoms with Crippen molar-refractivity contribution in [3.05, 3.63) is 33.9 Å². The molecular formula is C12H15N3O3. The zero-order valence-electron chi connectivity index (χ0n) is 10.3. The Morgan fingerprint density at radius 2 is 2.17 bits per heavy atom. The Bertz CT molecular complexity index is 501. The van der Waals surface area contributed by atoms with E-state index in [0.29, 0.717) is 11.6 Å². The molecule has 0 spiro atoms. The lowest BCUT2D eigenvalue weighted by atomic mass is 10.1. The molecule has 1 amide bonds. The Morgan fingerprint density at radius 1 is 1.50 bits per heavy atom. The van der Waals surface area contributed by atoms with Gasteiger partial charge in [-0.25, -0.2) is 0 Å². The number of benzene rings is 1. The number of hydrogen-bond donors (Lipinski definition) is 2. The fourth-order valence-electron chi connectivity index (χ4n) is 1.80. The molecule has 1 aliphatic rings. The number of rotatable bonds is 4. The number of nitro benzene ring substituents is 1. The minimum atomic E-state index is -0.537. The zero-order valence-corrected chi connectivity index (χ0v) is 10.3. The topological polar surface area (TPSA) is 84.3 Å². The summed E-state index contributed by atoms with van der Waals surface area (Å²) in [7, 11) is 1.70. The van der Waals surface area contributed by atoms with Crippen molar-refractivity contribution in [2.75, 3.05) is 12.4 Å². The number of nitro groups is 1. The molecule has 0 heterocycles. The minimum Gasteiger partial charge on any atom is -0.388 e. The van der Waals surface area contributed by atoms with Crippen molar-refractivity contribution in [2.24, 2.45) is 5.92 Å². The highest BCUT2D eigenvalue weighted by Gasteiger charge is 2.35. The fourth-order valence-corrected chi connectivity index (χ4v) is 1.80. The molecule has 1 saturated carbocycles. The first-order chi connectivity index (χ1) is 8.52. The molecule has 96 valence electrons. The van der Waals surface area contributed by atoms with Crippen molar-refractivity contribution in [2.45, 2.75) is 19.4 Å². The minimum absolute atomic E-state index is 0.103. The van der Waals surface area contributed by atoms with Crippen LogP contribution in [0.4, 0.5) is 11.4 Å². The Labute approximate surface area is 105 Å². The molecule has 1 fully saturated rings. The van der Waals surface area contributed by atoms with Gasteiger partial charge in [0.1, 0.15) is 5.56 Å². The lowest BCUT2D eigenvalue weighted by Crippen LogP contribution is -2.27. The van der Waals surface area contributed by atoms with Crippen molar-refractivity contribution in [1.29, 1.82) is 0 Å². The molecule has 2 N–H and O–H groups in total. The van der Waals surface area contributed by atoms with Crippen molar-refractivity contribution >= 4 is 17.3 Å². The Kier molecular flexibility index (Phi) is 3.18. The van der Waals surface area contributed by atoms with Gasteiger partial charge in [0.25, 0.3) is 11.6 Å². The Hall–Kier alpha value is -2.11. The fraction of sp³-hybridized carbons (Fsp3) is 0.417. The van der Waals surface area contributed by atoms with Gasteiger partial charge < -0.3 is 10.6 Å². The first-order valence-electron chi connectivity index (χ1n) is 5.80. The van der Waals surface area contributed by atoms with Crippen molar-refractivity contribution < 1.29 is 9.72 Å². The van der Waals surface area contributed by atoms with Crippen LogP contribution in [0.15, 0.2) is 18.2 Å². The van der Waals surface area contributed by atoms with Crippen LogP contribution in [-0.2, 0) is 0 Å². The van der Waals surface area contributed by atoms with Gasteiger partial charge in [0.2, 0.25) is 0 Å². The van der Waals surface area contributed by atoms with E-state index in [4.69, 9.17) is 0 Å². The van der Waals surface area contributed by atoms with E-state index in [1.807, 2.05) is 6.92 Å². The molecule has 1 aliphatic carbocycles. The summed E-state index contributed by atoms with van der Waals surface area (Å²) in [4.78, 5) is 22.4. The maximum Gasteiger partial charge on any atom is 0.282 e. The zero-order chi connectivity index (χ0) is 13.3. The van der Waals surface area contributed by atoms with Crippen LogP contribution in [0.3, 0.4) is 0 Å². The molecule has 0 aromatic heterocycles. The molecule has 2 unspecified atom stereocenters. The molecule has 1 aromatic carbocycles. The number of carbonyl (C=O) groups excluding carboxylic acids is 1. The molecule has 0 saturated heterocycles. The molecule has 0 radical (unpaired) electrons. The molecule has 0 bridgehead atoms. The van der Waals surface area contributed by atoms with Gasteiger partial charge in [-0.1, -0.05) is 6.92 Å². The van der Waals surface area contributed by atoms with Crippen molar-refractivity contribution in [1.82, 2.24) is 5.32 Å². The summed E-state index contributed by atoms with van der Waals surface area (Å²) in [5, 5.41) is 16.6. The SMILES string of the molecule is CNc1ccc([N+](=O)[O-])c(C(=O)NC2CC2C)c1. The third-order valence-corrected chi connectivity index (χ3v) is 3.15. The number of carbonyl (C=O) groups is 1. The second kappa shape index (κ2) is 4.64. The van der Waals surface area contributed by atoms with E-state index in [1.165, 1.54) is 12.1 Å². The maximum atomic E-state index is 12.0. The molecular weight excluding hydrogens is 234 g/mol. The predicted octanol–water partition coefficient (Wildman–Crippen LogP) is 1.77. The van der Waals surface area contributed by atoms with E-state index >= 15 is 0 Å². The third kappa shape index (κ3) is 2.42. The number of nitrogens with one attached hydrogen (secondary N) is 2. The number of hydrogen-bond acceptors (Lipinski definition) is 4. The average molecular weight is 249 g/mol. The molecule has 1 aromatic rings. The number of nitrogens with zero attached hydrogens (tertiary/aromatic N) is 1. The van der Waals surface area contributed by atoms with Gasteiger partial charge in [-0.05, 0) is 24.5 Å². The van der Waals surface area contributed by atoms with Crippen LogP contribution in [0.2, 0.25) is 0 Å². The predicted molar refractivity (Wildman–Crippen MR) is 67.7 cm³/mol. The standard InChI is InChI=1S/C12H15N3O3/c1-7-5-10(7)14-12(16)9-6-8(13-2)3-4-11(9)15(17)18/h3-4,6-7,10,13H,5H2,1-2H3,(H,14,16). The highest BCUT2D eigenvalue weighted by molar-refractivity contribution is 5.99. The largest absolute Gasteiger partial charge is 0.388 e. The van der Waals surface area contributed by atoms with Gasteiger partial charge in [0.05, 0.1) is 4.92 Å². The summed E-state index contributed by atoms with van der Waals surface area (Å²) in [6.45, 7) is 2.03. The normalized spacial score (nSPS) is 21.2. The second-order valence-corrected chi connectivity index (χ2v) is 4.53. The highest BCUT2D eigenvalue weighted by Crippen LogP contribution is 2.30. The lowest BCUT2D eigenvalue weighted by Gasteiger charge is -2.07. The Balaban J connectivity index is 2.27. The molecule has 0 aliphatic heterocycles. The monoisotopic (exact) mass is 249 g/mol. The summed E-state index contributed by atoms with van der Waals surface area (Å²) < 4.78 is 0. The molecule has 18 heavy (non-hydrogen) atoms. The average Bonchev–Trinajstić information content (AvgIpc) is 3.03. The lowest BCUT2D eigenvalue weighted by molar-refractivity contribution is -0.385. The first-order valence-corrected chi connectivity index (χ1v) is 5.80. The van der Waals surface area contributed by atoms with Crippen LogP contribution < -0.4 is 10.6 Å². The quantitative estimate of drug-likeness (QED) is 0.629. The summed E-state index contributed by atoms with van der Waals surface area (Å²) >= 11 is 0. The third-order valence-electron chi connectivity index (χ3n) is 3.15. The van der Waals surface area contributed by atoms with E-state index in [0.717, 1.165) is 6.42 Å². The number of amides is 1. The van der Waals surface area contributed by atoms with Crippen LogP contribution in [0, 0.1) is 16.0 Å². The summed E-state index contributed by atoms with van der Waals surface area (Å²) in [5.41, 5.74) is 0.611. The van der Waals surface area contributed by atoms with Crippen molar-refractivity contribution in [3.63, 3.8) is 0 Å². The van der Waals surface area contributed by atoms with E-state index < -0.39 is 4.92 Å². The van der Waals surface area contributed by atoms with Crippen LogP contribution in [-0.4, -0.2) is 23.9 Å². The summed E-state index contributed by atoms with van der Waals surface area (Å²) in [6, 6.07) is 4.57. The molecule has 2 atom stereocenters. The van der Waals surface area contributed by atoms with Gasteiger partial charge in [0.15, 0.2) is 0 Å². The van der Waals surface area contributed by atoms with Gasteiger partial charge in [-0.2, -0.15) is 0 Å². The van der Waals surface area contributed by atoms with Crippen molar-refractivity contribution in [3.8, 4) is 0 Å². The smallest absolute Gasteiger partial charge is 0.282 e. The molecule has 6 heteroatoms. The summed E-state index contributed by atoms with van der Waals surface area (Å²) in [6.07, 6.45) is 0.936. The van der Waals surface area contributed by atoms with Gasteiger partial charge in [-0.15, -0.1) is 0 Å². The molecule has 2 rings (SSSR count).